The molecule has 1 heterocycles. The van der Waals surface area contributed by atoms with E-state index in [4.69, 9.17) is 10.2 Å². The zero-order valence-corrected chi connectivity index (χ0v) is 5.37. The Bertz CT molecular complexity index is 131. The SMILES string of the molecule is O=C(O)C1CNC(O)CN1. The van der Waals surface area contributed by atoms with Gasteiger partial charge in [-0.2, -0.15) is 0 Å². The second kappa shape index (κ2) is 2.96. The first kappa shape index (κ1) is 7.46. The molecule has 2 atom stereocenters. The van der Waals surface area contributed by atoms with Crippen LogP contribution in [-0.4, -0.2) is 41.5 Å². The van der Waals surface area contributed by atoms with E-state index in [0.29, 0.717) is 0 Å². The number of aliphatic hydroxyl groups is 1. The standard InChI is InChI=1S/C5H10N2O3/c8-4-2-6-3(1-7-4)5(9)10/h3-4,6-8H,1-2H2,(H,9,10). The lowest BCUT2D eigenvalue weighted by atomic mass is 10.2. The number of hydrogen-bond donors (Lipinski definition) is 4. The van der Waals surface area contributed by atoms with Gasteiger partial charge in [0.1, 0.15) is 12.3 Å². The van der Waals surface area contributed by atoms with Crippen LogP contribution in [0.15, 0.2) is 0 Å². The molecule has 0 aliphatic carbocycles. The summed E-state index contributed by atoms with van der Waals surface area (Å²) in [7, 11) is 0. The van der Waals surface area contributed by atoms with Gasteiger partial charge in [0, 0.05) is 13.1 Å². The van der Waals surface area contributed by atoms with Crippen LogP contribution in [0.25, 0.3) is 0 Å². The topological polar surface area (TPSA) is 81.6 Å². The van der Waals surface area contributed by atoms with Gasteiger partial charge in [0.05, 0.1) is 0 Å². The van der Waals surface area contributed by atoms with E-state index in [1.54, 1.807) is 0 Å². The summed E-state index contributed by atoms with van der Waals surface area (Å²) in [4.78, 5) is 10.3. The van der Waals surface area contributed by atoms with Gasteiger partial charge in [0.15, 0.2) is 0 Å². The molecule has 0 radical (unpaired) electrons. The van der Waals surface area contributed by atoms with E-state index in [2.05, 4.69) is 10.6 Å². The third-order valence-corrected chi connectivity index (χ3v) is 1.41. The summed E-state index contributed by atoms with van der Waals surface area (Å²) in [5.41, 5.74) is 0. The smallest absolute Gasteiger partial charge is 0.322 e. The predicted molar refractivity (Wildman–Crippen MR) is 33.4 cm³/mol. The maximum atomic E-state index is 10.3. The van der Waals surface area contributed by atoms with Crippen LogP contribution in [0.5, 0.6) is 0 Å². The molecular weight excluding hydrogens is 136 g/mol. The number of β-amino-alcohol motifs (C(OH)–C–C–N with tert-alkyl or cyclic N) is 1. The van der Waals surface area contributed by atoms with Crippen LogP contribution in [-0.2, 0) is 4.79 Å². The first-order chi connectivity index (χ1) is 4.70. The molecule has 0 aromatic rings. The molecule has 0 spiro atoms. The van der Waals surface area contributed by atoms with E-state index >= 15 is 0 Å². The molecule has 0 saturated carbocycles. The van der Waals surface area contributed by atoms with Gasteiger partial charge in [0.2, 0.25) is 0 Å². The van der Waals surface area contributed by atoms with Crippen LogP contribution in [0, 0.1) is 0 Å². The molecule has 58 valence electrons. The van der Waals surface area contributed by atoms with E-state index in [1.165, 1.54) is 0 Å². The molecule has 4 N–H and O–H groups in total. The highest BCUT2D eigenvalue weighted by Gasteiger charge is 2.22. The van der Waals surface area contributed by atoms with Gasteiger partial charge in [-0.3, -0.25) is 15.4 Å². The Kier molecular flexibility index (Phi) is 2.21. The minimum atomic E-state index is -0.889. The summed E-state index contributed by atoms with van der Waals surface area (Å²) in [5, 5.41) is 22.6. The molecular formula is C5H10N2O3. The summed E-state index contributed by atoms with van der Waals surface area (Å²) in [6, 6.07) is -0.566. The first-order valence-electron chi connectivity index (χ1n) is 3.08. The minimum Gasteiger partial charge on any atom is -0.480 e. The zero-order valence-electron chi connectivity index (χ0n) is 5.37. The van der Waals surface area contributed by atoms with E-state index in [0.717, 1.165) is 0 Å². The highest BCUT2D eigenvalue weighted by molar-refractivity contribution is 5.73. The number of aliphatic carboxylic acids is 1. The number of rotatable bonds is 1. The highest BCUT2D eigenvalue weighted by atomic mass is 16.4. The van der Waals surface area contributed by atoms with Crippen molar-refractivity contribution in [1.29, 1.82) is 0 Å². The Balaban J connectivity index is 2.33. The Morgan fingerprint density at radius 1 is 1.40 bits per heavy atom. The van der Waals surface area contributed by atoms with Crippen molar-refractivity contribution in [3.05, 3.63) is 0 Å². The maximum Gasteiger partial charge on any atom is 0.322 e. The van der Waals surface area contributed by atoms with Crippen molar-refractivity contribution < 1.29 is 15.0 Å². The van der Waals surface area contributed by atoms with E-state index < -0.39 is 18.2 Å². The number of aliphatic hydroxyl groups excluding tert-OH is 1. The number of carbonyl (C=O) groups is 1. The molecule has 1 saturated heterocycles. The summed E-state index contributed by atoms with van der Waals surface area (Å²) in [6.45, 7) is 0.563. The summed E-state index contributed by atoms with van der Waals surface area (Å²) in [5.74, 6) is -0.889. The first-order valence-corrected chi connectivity index (χ1v) is 3.08. The Morgan fingerprint density at radius 3 is 2.50 bits per heavy atom. The molecule has 10 heavy (non-hydrogen) atoms. The van der Waals surface area contributed by atoms with Gasteiger partial charge >= 0.3 is 5.97 Å². The van der Waals surface area contributed by atoms with Crippen molar-refractivity contribution in [3.63, 3.8) is 0 Å². The fourth-order valence-corrected chi connectivity index (χ4v) is 0.827. The van der Waals surface area contributed by atoms with Crippen molar-refractivity contribution in [2.24, 2.45) is 0 Å². The summed E-state index contributed by atoms with van der Waals surface area (Å²) < 4.78 is 0. The minimum absolute atomic E-state index is 0.274. The number of piperazine rings is 1. The van der Waals surface area contributed by atoms with Crippen LogP contribution >= 0.6 is 0 Å². The normalized spacial score (nSPS) is 33.7. The number of nitrogens with one attached hydrogen (secondary N) is 2. The fourth-order valence-electron chi connectivity index (χ4n) is 0.827. The largest absolute Gasteiger partial charge is 0.480 e. The molecule has 2 unspecified atom stereocenters. The molecule has 5 heteroatoms. The van der Waals surface area contributed by atoms with Gasteiger partial charge in [-0.1, -0.05) is 0 Å². The molecule has 5 nitrogen and oxygen atoms in total. The molecule has 1 aliphatic rings. The average molecular weight is 146 g/mol. The number of carboxylic acids is 1. The molecule has 1 fully saturated rings. The molecule has 1 aliphatic heterocycles. The quantitative estimate of drug-likeness (QED) is 0.342. The predicted octanol–water partition coefficient (Wildman–Crippen LogP) is -2.05. The Morgan fingerprint density at radius 2 is 2.10 bits per heavy atom. The van der Waals surface area contributed by atoms with E-state index in [9.17, 15) is 4.79 Å². The van der Waals surface area contributed by atoms with E-state index in [1.807, 2.05) is 0 Å². The van der Waals surface area contributed by atoms with Gasteiger partial charge in [0.25, 0.3) is 0 Å². The van der Waals surface area contributed by atoms with Gasteiger partial charge in [-0.05, 0) is 0 Å². The van der Waals surface area contributed by atoms with E-state index in [-0.39, 0.29) is 13.1 Å². The third kappa shape index (κ3) is 1.66. The average Bonchev–Trinajstić information content (AvgIpc) is 1.88. The van der Waals surface area contributed by atoms with Gasteiger partial charge < -0.3 is 10.2 Å². The highest BCUT2D eigenvalue weighted by Crippen LogP contribution is 1.89. The maximum absolute atomic E-state index is 10.3. The second-order valence-corrected chi connectivity index (χ2v) is 2.22. The number of hydrogen-bond acceptors (Lipinski definition) is 4. The van der Waals surface area contributed by atoms with Crippen molar-refractivity contribution in [3.8, 4) is 0 Å². The lowest BCUT2D eigenvalue weighted by Gasteiger charge is -2.24. The van der Waals surface area contributed by atoms with Crippen LogP contribution in [0.1, 0.15) is 0 Å². The molecule has 0 amide bonds. The fraction of sp³-hybridized carbons (Fsp3) is 0.800. The van der Waals surface area contributed by atoms with Gasteiger partial charge in [-0.15, -0.1) is 0 Å². The lowest BCUT2D eigenvalue weighted by molar-refractivity contribution is -0.140. The summed E-state index contributed by atoms with van der Waals surface area (Å²) >= 11 is 0. The van der Waals surface area contributed by atoms with Crippen LogP contribution < -0.4 is 10.6 Å². The molecule has 0 aromatic carbocycles. The zero-order chi connectivity index (χ0) is 7.56. The van der Waals surface area contributed by atoms with Gasteiger partial charge in [-0.25, -0.2) is 0 Å². The Labute approximate surface area is 58.0 Å². The molecule has 0 aromatic heterocycles. The molecule has 0 bridgehead atoms. The van der Waals surface area contributed by atoms with Crippen LogP contribution in [0.3, 0.4) is 0 Å². The van der Waals surface area contributed by atoms with Crippen LogP contribution in [0.2, 0.25) is 0 Å². The van der Waals surface area contributed by atoms with Crippen LogP contribution in [0.4, 0.5) is 0 Å². The van der Waals surface area contributed by atoms with Crippen molar-refractivity contribution in [2.45, 2.75) is 12.3 Å². The molecule has 1 rings (SSSR count). The monoisotopic (exact) mass is 146 g/mol. The van der Waals surface area contributed by atoms with Crippen molar-refractivity contribution in [2.75, 3.05) is 13.1 Å². The Hall–Kier alpha value is -0.650. The number of carboxylic acid groups (broad SMARTS) is 1. The summed E-state index contributed by atoms with van der Waals surface area (Å²) in [6.07, 6.45) is -0.615. The van der Waals surface area contributed by atoms with Crippen molar-refractivity contribution in [1.82, 2.24) is 10.6 Å². The second-order valence-electron chi connectivity index (χ2n) is 2.22. The lowest BCUT2D eigenvalue weighted by Crippen LogP contribution is -2.57. The third-order valence-electron chi connectivity index (χ3n) is 1.41. The van der Waals surface area contributed by atoms with Crippen molar-refractivity contribution >= 4 is 5.97 Å².